The van der Waals surface area contributed by atoms with Crippen molar-refractivity contribution in [3.8, 4) is 5.75 Å². The minimum Gasteiger partial charge on any atom is -0.482 e. The summed E-state index contributed by atoms with van der Waals surface area (Å²) < 4.78 is 9.83. The van der Waals surface area contributed by atoms with Crippen LogP contribution in [0.2, 0.25) is 0 Å². The second-order valence-electron chi connectivity index (χ2n) is 4.53. The van der Waals surface area contributed by atoms with Gasteiger partial charge in [-0.1, -0.05) is 12.1 Å². The van der Waals surface area contributed by atoms with E-state index < -0.39 is 0 Å². The molecule has 104 valence electrons. The Kier molecular flexibility index (Phi) is 5.18. The smallest absolute Gasteiger partial charge is 0.343 e. The molecule has 19 heavy (non-hydrogen) atoms. The summed E-state index contributed by atoms with van der Waals surface area (Å²) in [5, 5.41) is 3.34. The number of nitrogens with zero attached hydrogens (tertiary/aromatic N) is 1. The summed E-state index contributed by atoms with van der Waals surface area (Å²) in [7, 11) is 1.35. The van der Waals surface area contributed by atoms with Gasteiger partial charge in [0.15, 0.2) is 6.61 Å². The van der Waals surface area contributed by atoms with Crippen LogP contribution < -0.4 is 10.1 Å². The number of esters is 1. The highest BCUT2D eigenvalue weighted by atomic mass is 16.6. The summed E-state index contributed by atoms with van der Waals surface area (Å²) in [6.07, 6.45) is 0. The molecule has 0 spiro atoms. The van der Waals surface area contributed by atoms with Gasteiger partial charge in [0.25, 0.3) is 0 Å². The number of hydrogen-bond donors (Lipinski definition) is 1. The molecule has 1 fully saturated rings. The van der Waals surface area contributed by atoms with Crippen LogP contribution in [-0.2, 0) is 16.1 Å². The zero-order chi connectivity index (χ0) is 13.5. The number of ether oxygens (including phenoxy) is 2. The van der Waals surface area contributed by atoms with E-state index in [4.69, 9.17) is 4.74 Å². The third-order valence-electron chi connectivity index (χ3n) is 3.12. The van der Waals surface area contributed by atoms with E-state index in [1.54, 1.807) is 0 Å². The first-order valence-electron chi connectivity index (χ1n) is 6.49. The lowest BCUT2D eigenvalue weighted by Gasteiger charge is -2.27. The van der Waals surface area contributed by atoms with Crippen LogP contribution in [0.5, 0.6) is 5.75 Å². The van der Waals surface area contributed by atoms with Gasteiger partial charge < -0.3 is 14.8 Å². The Morgan fingerprint density at radius 1 is 1.26 bits per heavy atom. The topological polar surface area (TPSA) is 50.8 Å². The molecule has 0 aliphatic carbocycles. The van der Waals surface area contributed by atoms with E-state index in [1.165, 1.54) is 12.7 Å². The molecular weight excluding hydrogens is 244 g/mol. The van der Waals surface area contributed by atoms with Crippen molar-refractivity contribution in [3.05, 3.63) is 29.8 Å². The lowest BCUT2D eigenvalue weighted by atomic mass is 10.2. The molecule has 1 heterocycles. The fourth-order valence-electron chi connectivity index (χ4n) is 2.02. The molecule has 1 saturated heterocycles. The Labute approximate surface area is 113 Å². The Morgan fingerprint density at radius 2 is 1.95 bits per heavy atom. The number of methoxy groups -OCH3 is 1. The lowest BCUT2D eigenvalue weighted by molar-refractivity contribution is -0.142. The fraction of sp³-hybridized carbons (Fsp3) is 0.500. The Balaban J connectivity index is 1.82. The Morgan fingerprint density at radius 3 is 2.58 bits per heavy atom. The molecule has 0 radical (unpaired) electrons. The van der Waals surface area contributed by atoms with Gasteiger partial charge in [0.2, 0.25) is 0 Å². The van der Waals surface area contributed by atoms with Gasteiger partial charge in [-0.15, -0.1) is 0 Å². The van der Waals surface area contributed by atoms with Crippen molar-refractivity contribution >= 4 is 5.97 Å². The van der Waals surface area contributed by atoms with Gasteiger partial charge in [-0.2, -0.15) is 0 Å². The van der Waals surface area contributed by atoms with Crippen LogP contribution in [0, 0.1) is 0 Å². The Hall–Kier alpha value is -1.59. The lowest BCUT2D eigenvalue weighted by Crippen LogP contribution is -2.42. The van der Waals surface area contributed by atoms with Crippen LogP contribution in [0.3, 0.4) is 0 Å². The molecule has 0 saturated carbocycles. The van der Waals surface area contributed by atoms with Crippen molar-refractivity contribution < 1.29 is 14.3 Å². The second kappa shape index (κ2) is 7.11. The van der Waals surface area contributed by atoms with Crippen molar-refractivity contribution in [1.29, 1.82) is 0 Å². The SMILES string of the molecule is COC(=O)COc1ccc(CN2CCNCC2)cc1. The monoisotopic (exact) mass is 264 g/mol. The number of hydrogen-bond acceptors (Lipinski definition) is 5. The van der Waals surface area contributed by atoms with Crippen LogP contribution >= 0.6 is 0 Å². The molecule has 1 aliphatic rings. The summed E-state index contributed by atoms with van der Waals surface area (Å²) >= 11 is 0. The molecule has 1 aromatic carbocycles. The third kappa shape index (κ3) is 4.54. The highest BCUT2D eigenvalue weighted by Crippen LogP contribution is 2.14. The van der Waals surface area contributed by atoms with E-state index in [0.717, 1.165) is 32.7 Å². The average Bonchev–Trinajstić information content (AvgIpc) is 2.47. The molecule has 1 aromatic rings. The van der Waals surface area contributed by atoms with E-state index in [9.17, 15) is 4.79 Å². The summed E-state index contributed by atoms with van der Waals surface area (Å²) in [4.78, 5) is 13.4. The number of carbonyl (C=O) groups excluding carboxylic acids is 1. The van der Waals surface area contributed by atoms with E-state index in [1.807, 2.05) is 24.3 Å². The zero-order valence-electron chi connectivity index (χ0n) is 11.2. The number of piperazine rings is 1. The predicted octanol–water partition coefficient (Wildman–Crippen LogP) is 0.644. The van der Waals surface area contributed by atoms with E-state index in [2.05, 4.69) is 15.0 Å². The summed E-state index contributed by atoms with van der Waals surface area (Å²) in [5.74, 6) is 0.319. The van der Waals surface area contributed by atoms with Crippen molar-refractivity contribution in [3.63, 3.8) is 0 Å². The molecule has 0 amide bonds. The van der Waals surface area contributed by atoms with Gasteiger partial charge in [0, 0.05) is 32.7 Å². The minimum absolute atomic E-state index is 0.0480. The van der Waals surface area contributed by atoms with E-state index in [0.29, 0.717) is 5.75 Å². The predicted molar refractivity (Wildman–Crippen MR) is 72.1 cm³/mol. The van der Waals surface area contributed by atoms with Crippen LogP contribution in [0.25, 0.3) is 0 Å². The quantitative estimate of drug-likeness (QED) is 0.791. The molecule has 5 nitrogen and oxygen atoms in total. The maximum Gasteiger partial charge on any atom is 0.343 e. The van der Waals surface area contributed by atoms with Crippen LogP contribution in [-0.4, -0.2) is 50.8 Å². The van der Waals surface area contributed by atoms with Gasteiger partial charge in [0.05, 0.1) is 7.11 Å². The molecule has 1 aliphatic heterocycles. The molecule has 0 unspecified atom stereocenters. The first kappa shape index (κ1) is 13.8. The summed E-state index contributed by atoms with van der Waals surface area (Å²) in [5.41, 5.74) is 1.26. The first-order chi connectivity index (χ1) is 9.28. The molecule has 5 heteroatoms. The van der Waals surface area contributed by atoms with Crippen molar-refractivity contribution in [2.24, 2.45) is 0 Å². The van der Waals surface area contributed by atoms with Crippen molar-refractivity contribution in [1.82, 2.24) is 10.2 Å². The zero-order valence-corrected chi connectivity index (χ0v) is 11.2. The maximum absolute atomic E-state index is 11.0. The van der Waals surface area contributed by atoms with Crippen molar-refractivity contribution in [2.75, 3.05) is 39.9 Å². The van der Waals surface area contributed by atoms with Gasteiger partial charge in [0.1, 0.15) is 5.75 Å². The van der Waals surface area contributed by atoms with Crippen LogP contribution in [0.4, 0.5) is 0 Å². The Bertz CT molecular complexity index is 400. The number of benzene rings is 1. The normalized spacial score (nSPS) is 16.1. The van der Waals surface area contributed by atoms with Crippen molar-refractivity contribution in [2.45, 2.75) is 6.54 Å². The highest BCUT2D eigenvalue weighted by molar-refractivity contribution is 5.70. The maximum atomic E-state index is 11.0. The molecule has 0 atom stereocenters. The van der Waals surface area contributed by atoms with E-state index in [-0.39, 0.29) is 12.6 Å². The minimum atomic E-state index is -0.370. The number of nitrogens with one attached hydrogen (secondary N) is 1. The van der Waals surface area contributed by atoms with Crippen LogP contribution in [0.15, 0.2) is 24.3 Å². The summed E-state index contributed by atoms with van der Waals surface area (Å²) in [6, 6.07) is 7.85. The molecular formula is C14H20N2O3. The van der Waals surface area contributed by atoms with E-state index >= 15 is 0 Å². The molecule has 0 aromatic heterocycles. The summed E-state index contributed by atoms with van der Waals surface area (Å²) in [6.45, 7) is 5.19. The standard InChI is InChI=1S/C14H20N2O3/c1-18-14(17)11-19-13-4-2-12(3-5-13)10-16-8-6-15-7-9-16/h2-5,15H,6-11H2,1H3. The second-order valence-corrected chi connectivity index (χ2v) is 4.53. The average molecular weight is 264 g/mol. The molecule has 2 rings (SSSR count). The number of rotatable bonds is 5. The van der Waals surface area contributed by atoms with Gasteiger partial charge in [-0.25, -0.2) is 4.79 Å². The van der Waals surface area contributed by atoms with Gasteiger partial charge >= 0.3 is 5.97 Å². The third-order valence-corrected chi connectivity index (χ3v) is 3.12. The molecule has 0 bridgehead atoms. The van der Waals surface area contributed by atoms with Gasteiger partial charge in [-0.05, 0) is 17.7 Å². The fourth-order valence-corrected chi connectivity index (χ4v) is 2.02. The van der Waals surface area contributed by atoms with Crippen LogP contribution in [0.1, 0.15) is 5.56 Å². The first-order valence-corrected chi connectivity index (χ1v) is 6.49. The largest absolute Gasteiger partial charge is 0.482 e. The van der Waals surface area contributed by atoms with Gasteiger partial charge in [-0.3, -0.25) is 4.90 Å². The molecule has 1 N–H and O–H groups in total. The number of carbonyl (C=O) groups is 1. The highest BCUT2D eigenvalue weighted by Gasteiger charge is 2.09.